The van der Waals surface area contributed by atoms with Gasteiger partial charge in [0.1, 0.15) is 5.75 Å². The highest BCUT2D eigenvalue weighted by molar-refractivity contribution is 5.91. The topological polar surface area (TPSA) is 82.7 Å². The average molecular weight is 450 g/mol. The molecule has 1 aliphatic rings. The summed E-state index contributed by atoms with van der Waals surface area (Å²) in [5, 5.41) is 8.11. The molecule has 2 aromatic carbocycles. The predicted octanol–water partition coefficient (Wildman–Crippen LogP) is 4.78. The van der Waals surface area contributed by atoms with Crippen molar-refractivity contribution in [3.05, 3.63) is 54.1 Å². The zero-order valence-electron chi connectivity index (χ0n) is 17.5. The van der Waals surface area contributed by atoms with E-state index in [-0.39, 0.29) is 17.6 Å². The smallest absolute Gasteiger partial charge is 0.416 e. The molecule has 0 unspecified atom stereocenters. The fraction of sp³-hybridized carbons (Fsp3) is 0.364. The number of hydrogen-bond donors (Lipinski definition) is 3. The Labute approximate surface area is 183 Å². The number of methoxy groups -OCH3 is 1. The van der Waals surface area contributed by atoms with Gasteiger partial charge in [0.25, 0.3) is 0 Å². The molecule has 1 fully saturated rings. The predicted molar refractivity (Wildman–Crippen MR) is 115 cm³/mol. The van der Waals surface area contributed by atoms with Crippen molar-refractivity contribution in [2.75, 3.05) is 37.4 Å². The maximum absolute atomic E-state index is 12.6. The number of amides is 4. The van der Waals surface area contributed by atoms with Crippen molar-refractivity contribution in [3.8, 4) is 5.75 Å². The van der Waals surface area contributed by atoms with Crippen LogP contribution in [0.25, 0.3) is 0 Å². The Morgan fingerprint density at radius 2 is 1.69 bits per heavy atom. The lowest BCUT2D eigenvalue weighted by molar-refractivity contribution is -0.137. The molecule has 0 aromatic heterocycles. The van der Waals surface area contributed by atoms with Gasteiger partial charge in [0.15, 0.2) is 0 Å². The van der Waals surface area contributed by atoms with E-state index < -0.39 is 17.8 Å². The SMILES string of the molecule is COc1ccccc1NC(=O)N1CCC(CNC(=O)Nc2ccc(C(F)(F)F)cc2)CC1. The quantitative estimate of drug-likeness (QED) is 0.613. The second-order valence-electron chi connectivity index (χ2n) is 7.47. The molecule has 1 saturated heterocycles. The molecule has 3 rings (SSSR count). The Morgan fingerprint density at radius 3 is 2.31 bits per heavy atom. The maximum Gasteiger partial charge on any atom is 0.416 e. The Bertz CT molecular complexity index is 927. The van der Waals surface area contributed by atoms with Crippen molar-refractivity contribution in [2.24, 2.45) is 5.92 Å². The van der Waals surface area contributed by atoms with Crippen molar-refractivity contribution in [2.45, 2.75) is 19.0 Å². The number of likely N-dealkylation sites (tertiary alicyclic amines) is 1. The van der Waals surface area contributed by atoms with Crippen LogP contribution >= 0.6 is 0 Å². The summed E-state index contributed by atoms with van der Waals surface area (Å²) in [7, 11) is 1.54. The molecule has 0 radical (unpaired) electrons. The molecule has 0 aliphatic carbocycles. The Morgan fingerprint density at radius 1 is 1.03 bits per heavy atom. The first kappa shape index (κ1) is 23.2. The van der Waals surface area contributed by atoms with Gasteiger partial charge in [-0.1, -0.05) is 12.1 Å². The van der Waals surface area contributed by atoms with Gasteiger partial charge in [-0.15, -0.1) is 0 Å². The summed E-state index contributed by atoms with van der Waals surface area (Å²) in [5.74, 6) is 0.780. The van der Waals surface area contributed by atoms with Gasteiger partial charge in [-0.3, -0.25) is 0 Å². The number of hydrogen-bond acceptors (Lipinski definition) is 3. The van der Waals surface area contributed by atoms with E-state index in [1.807, 2.05) is 12.1 Å². The molecule has 2 aromatic rings. The summed E-state index contributed by atoms with van der Waals surface area (Å²) >= 11 is 0. The van der Waals surface area contributed by atoms with Gasteiger partial charge in [0.2, 0.25) is 0 Å². The lowest BCUT2D eigenvalue weighted by Crippen LogP contribution is -2.43. The van der Waals surface area contributed by atoms with Crippen LogP contribution in [-0.4, -0.2) is 43.7 Å². The molecule has 1 aliphatic heterocycles. The molecule has 0 saturated carbocycles. The van der Waals surface area contributed by atoms with E-state index >= 15 is 0 Å². The third kappa shape index (κ3) is 6.29. The number of nitrogens with zero attached hydrogens (tertiary/aromatic N) is 1. The van der Waals surface area contributed by atoms with Gasteiger partial charge in [-0.2, -0.15) is 13.2 Å². The van der Waals surface area contributed by atoms with Crippen LogP contribution in [0.5, 0.6) is 5.75 Å². The van der Waals surface area contributed by atoms with Crippen LogP contribution in [0.1, 0.15) is 18.4 Å². The molecule has 4 amide bonds. The number of urea groups is 2. The summed E-state index contributed by atoms with van der Waals surface area (Å²) in [6.07, 6.45) is -2.97. The lowest BCUT2D eigenvalue weighted by Gasteiger charge is -2.32. The second kappa shape index (κ2) is 10.3. The summed E-state index contributed by atoms with van der Waals surface area (Å²) in [6.45, 7) is 1.51. The fourth-order valence-electron chi connectivity index (χ4n) is 3.44. The van der Waals surface area contributed by atoms with Crippen molar-refractivity contribution < 1.29 is 27.5 Å². The highest BCUT2D eigenvalue weighted by Crippen LogP contribution is 2.30. The number of ether oxygens (including phenoxy) is 1. The first-order valence-corrected chi connectivity index (χ1v) is 10.2. The Kier molecular flexibility index (Phi) is 7.45. The van der Waals surface area contributed by atoms with Gasteiger partial charge in [-0.05, 0) is 55.2 Å². The van der Waals surface area contributed by atoms with E-state index in [2.05, 4.69) is 16.0 Å². The highest BCUT2D eigenvalue weighted by Gasteiger charge is 2.30. The Balaban J connectivity index is 1.40. The van der Waals surface area contributed by atoms with E-state index in [1.54, 1.807) is 17.0 Å². The summed E-state index contributed by atoms with van der Waals surface area (Å²) in [4.78, 5) is 26.3. The van der Waals surface area contributed by atoms with Crippen LogP contribution in [0, 0.1) is 5.92 Å². The number of para-hydroxylation sites is 2. The number of rotatable bonds is 5. The van der Waals surface area contributed by atoms with Crippen LogP contribution in [0.4, 0.5) is 34.1 Å². The number of benzene rings is 2. The van der Waals surface area contributed by atoms with E-state index in [9.17, 15) is 22.8 Å². The van der Waals surface area contributed by atoms with Crippen LogP contribution in [0.15, 0.2) is 48.5 Å². The number of nitrogens with one attached hydrogen (secondary N) is 3. The third-order valence-electron chi connectivity index (χ3n) is 5.27. The fourth-order valence-corrected chi connectivity index (χ4v) is 3.44. The van der Waals surface area contributed by atoms with Crippen LogP contribution in [0.3, 0.4) is 0 Å². The van der Waals surface area contributed by atoms with Gasteiger partial charge >= 0.3 is 18.2 Å². The molecular weight excluding hydrogens is 425 g/mol. The number of anilines is 2. The number of alkyl halides is 3. The van der Waals surface area contributed by atoms with Crippen molar-refractivity contribution in [1.29, 1.82) is 0 Å². The van der Waals surface area contributed by atoms with Gasteiger partial charge in [0.05, 0.1) is 18.4 Å². The molecular formula is C22H25F3N4O3. The number of piperidine rings is 1. The molecule has 172 valence electrons. The van der Waals surface area contributed by atoms with Gasteiger partial charge in [-0.25, -0.2) is 9.59 Å². The standard InChI is InChI=1S/C22H25F3N4O3/c1-32-19-5-3-2-4-18(19)28-21(31)29-12-10-15(11-13-29)14-26-20(30)27-17-8-6-16(7-9-17)22(23,24)25/h2-9,15H,10-14H2,1H3,(H,28,31)(H2,26,27,30). The minimum atomic E-state index is -4.42. The Hall–Kier alpha value is -3.43. The largest absolute Gasteiger partial charge is 0.495 e. The highest BCUT2D eigenvalue weighted by atomic mass is 19.4. The minimum absolute atomic E-state index is 0.198. The molecule has 0 bridgehead atoms. The van der Waals surface area contributed by atoms with E-state index in [1.165, 1.54) is 19.2 Å². The van der Waals surface area contributed by atoms with Crippen LogP contribution in [0.2, 0.25) is 0 Å². The van der Waals surface area contributed by atoms with Gasteiger partial charge < -0.3 is 25.6 Å². The van der Waals surface area contributed by atoms with Crippen molar-refractivity contribution in [3.63, 3.8) is 0 Å². The molecule has 0 spiro atoms. The van der Waals surface area contributed by atoms with Crippen molar-refractivity contribution >= 4 is 23.4 Å². The van der Waals surface area contributed by atoms with Crippen LogP contribution < -0.4 is 20.7 Å². The average Bonchev–Trinajstić information content (AvgIpc) is 2.78. The molecule has 0 atom stereocenters. The molecule has 1 heterocycles. The minimum Gasteiger partial charge on any atom is -0.495 e. The van der Waals surface area contributed by atoms with E-state index in [4.69, 9.17) is 4.74 Å². The van der Waals surface area contributed by atoms with Crippen LogP contribution in [-0.2, 0) is 6.18 Å². The van der Waals surface area contributed by atoms with Gasteiger partial charge in [0, 0.05) is 25.3 Å². The van der Waals surface area contributed by atoms with Crippen molar-refractivity contribution in [1.82, 2.24) is 10.2 Å². The molecule has 3 N–H and O–H groups in total. The molecule has 10 heteroatoms. The normalized spacial score (nSPS) is 14.6. The summed E-state index contributed by atoms with van der Waals surface area (Å²) < 4.78 is 43.0. The zero-order chi connectivity index (χ0) is 23.1. The zero-order valence-corrected chi connectivity index (χ0v) is 17.5. The number of halogens is 3. The maximum atomic E-state index is 12.6. The summed E-state index contributed by atoms with van der Waals surface area (Å²) in [6, 6.07) is 10.7. The first-order valence-electron chi connectivity index (χ1n) is 10.2. The summed E-state index contributed by atoms with van der Waals surface area (Å²) in [5.41, 5.74) is 0.104. The number of carbonyl (C=O) groups is 2. The monoisotopic (exact) mass is 450 g/mol. The second-order valence-corrected chi connectivity index (χ2v) is 7.47. The van der Waals surface area contributed by atoms with E-state index in [0.29, 0.717) is 31.1 Å². The first-order chi connectivity index (χ1) is 15.3. The third-order valence-corrected chi connectivity index (χ3v) is 5.27. The molecule has 32 heavy (non-hydrogen) atoms. The molecule has 7 nitrogen and oxygen atoms in total. The lowest BCUT2D eigenvalue weighted by atomic mass is 9.97. The number of carbonyl (C=O) groups excluding carboxylic acids is 2. The van der Waals surface area contributed by atoms with E-state index in [0.717, 1.165) is 25.0 Å².